The van der Waals surface area contributed by atoms with Gasteiger partial charge in [0.1, 0.15) is 6.54 Å². The molecule has 0 unspecified atom stereocenters. The number of nitro benzene ring substituents is 1. The lowest BCUT2D eigenvalue weighted by Crippen LogP contribution is -2.00. The van der Waals surface area contributed by atoms with Gasteiger partial charge in [0.05, 0.1) is 15.1 Å². The normalized spacial score (nSPS) is 10.8. The predicted octanol–water partition coefficient (Wildman–Crippen LogP) is 2.96. The van der Waals surface area contributed by atoms with Crippen LogP contribution >= 0.6 is 15.9 Å². The highest BCUT2D eigenvalue weighted by atomic mass is 79.9. The first-order chi connectivity index (χ1) is 10.5. The first kappa shape index (κ1) is 14.4. The number of nitro groups is 1. The number of benzene rings is 1. The Labute approximate surface area is 133 Å². The predicted molar refractivity (Wildman–Crippen MR) is 80.2 cm³/mol. The zero-order valence-corrected chi connectivity index (χ0v) is 13.0. The Balaban J connectivity index is 1.79. The fourth-order valence-corrected chi connectivity index (χ4v) is 2.20. The number of non-ortho nitro benzene ring substituents is 1. The van der Waals surface area contributed by atoms with E-state index in [1.807, 2.05) is 13.1 Å². The van der Waals surface area contributed by atoms with E-state index in [4.69, 9.17) is 4.52 Å². The van der Waals surface area contributed by atoms with Crippen molar-refractivity contribution >= 4 is 21.6 Å². The zero-order valence-electron chi connectivity index (χ0n) is 11.4. The van der Waals surface area contributed by atoms with E-state index in [-0.39, 0.29) is 5.69 Å². The Morgan fingerprint density at radius 1 is 1.36 bits per heavy atom. The van der Waals surface area contributed by atoms with Crippen LogP contribution in [0.2, 0.25) is 0 Å². The topological polar surface area (TPSA) is 99.9 Å². The monoisotopic (exact) mass is 363 g/mol. The first-order valence-electron chi connectivity index (χ1n) is 6.30. The fraction of sp³-hybridized carbons (Fsp3) is 0.154. The summed E-state index contributed by atoms with van der Waals surface area (Å²) in [7, 11) is 0. The fourth-order valence-electron chi connectivity index (χ4n) is 1.88. The number of hydrogen-bond donors (Lipinski definition) is 0. The highest BCUT2D eigenvalue weighted by molar-refractivity contribution is 9.10. The molecule has 0 spiro atoms. The molecule has 3 aromatic rings. The Morgan fingerprint density at radius 2 is 2.09 bits per heavy atom. The molecule has 0 N–H and O–H groups in total. The van der Waals surface area contributed by atoms with Crippen LogP contribution in [0.25, 0.3) is 11.4 Å². The number of aryl methyl sites for hydroxylation is 1. The lowest BCUT2D eigenvalue weighted by Gasteiger charge is -1.95. The van der Waals surface area contributed by atoms with Crippen molar-refractivity contribution in [2.75, 3.05) is 0 Å². The number of rotatable bonds is 4. The van der Waals surface area contributed by atoms with Gasteiger partial charge in [-0.15, -0.1) is 0 Å². The second kappa shape index (κ2) is 5.68. The Bertz CT molecular complexity index is 805. The van der Waals surface area contributed by atoms with Crippen LogP contribution in [-0.2, 0) is 6.54 Å². The third-order valence-corrected chi connectivity index (χ3v) is 3.77. The molecule has 0 aliphatic rings. The van der Waals surface area contributed by atoms with Crippen LogP contribution < -0.4 is 0 Å². The highest BCUT2D eigenvalue weighted by Gasteiger charge is 2.12. The molecule has 0 bridgehead atoms. The lowest BCUT2D eigenvalue weighted by atomic mass is 10.2. The maximum Gasteiger partial charge on any atom is 0.269 e. The quantitative estimate of drug-likeness (QED) is 0.521. The van der Waals surface area contributed by atoms with E-state index in [0.717, 1.165) is 10.2 Å². The molecule has 9 heteroatoms. The van der Waals surface area contributed by atoms with Crippen LogP contribution in [0.3, 0.4) is 0 Å². The molecule has 8 nitrogen and oxygen atoms in total. The molecule has 0 fully saturated rings. The van der Waals surface area contributed by atoms with Crippen LogP contribution in [0.4, 0.5) is 5.69 Å². The van der Waals surface area contributed by atoms with E-state index < -0.39 is 4.92 Å². The summed E-state index contributed by atoms with van der Waals surface area (Å²) in [6.07, 6.45) is 1.82. The lowest BCUT2D eigenvalue weighted by molar-refractivity contribution is -0.384. The minimum absolute atomic E-state index is 0.0179. The van der Waals surface area contributed by atoms with Crippen molar-refractivity contribution in [3.63, 3.8) is 0 Å². The maximum atomic E-state index is 10.6. The third-order valence-electron chi connectivity index (χ3n) is 2.99. The van der Waals surface area contributed by atoms with Crippen LogP contribution in [-0.4, -0.2) is 24.8 Å². The minimum atomic E-state index is -0.455. The second-order valence-corrected chi connectivity index (χ2v) is 5.43. The van der Waals surface area contributed by atoms with Gasteiger partial charge in [0.2, 0.25) is 11.7 Å². The molecular formula is C13H10BrN5O3. The maximum absolute atomic E-state index is 10.6. The van der Waals surface area contributed by atoms with Gasteiger partial charge in [0.25, 0.3) is 5.69 Å². The molecule has 0 saturated carbocycles. The van der Waals surface area contributed by atoms with Gasteiger partial charge in [0.15, 0.2) is 0 Å². The van der Waals surface area contributed by atoms with E-state index >= 15 is 0 Å². The van der Waals surface area contributed by atoms with E-state index in [1.54, 1.807) is 16.8 Å². The molecule has 0 atom stereocenters. The van der Waals surface area contributed by atoms with Gasteiger partial charge < -0.3 is 4.52 Å². The van der Waals surface area contributed by atoms with Crippen LogP contribution in [0.1, 0.15) is 11.6 Å². The molecule has 22 heavy (non-hydrogen) atoms. The summed E-state index contributed by atoms with van der Waals surface area (Å²) >= 11 is 3.38. The van der Waals surface area contributed by atoms with Crippen LogP contribution in [0.15, 0.2) is 39.5 Å². The summed E-state index contributed by atoms with van der Waals surface area (Å²) in [6, 6.07) is 5.97. The van der Waals surface area contributed by atoms with Crippen LogP contribution in [0, 0.1) is 17.0 Å². The Hall–Kier alpha value is -2.55. The standard InChI is InChI=1S/C13H10BrN5O3/c1-8-11(14)6-18(16-8)7-12-15-13(17-22-12)9-2-4-10(5-3-9)19(20)21/h2-6H,7H2,1H3. The van der Waals surface area contributed by atoms with Crippen molar-refractivity contribution in [2.45, 2.75) is 13.5 Å². The molecule has 2 aromatic heterocycles. The largest absolute Gasteiger partial charge is 0.337 e. The molecular weight excluding hydrogens is 354 g/mol. The molecule has 0 saturated heterocycles. The Kier molecular flexibility index (Phi) is 3.72. The molecule has 1 aromatic carbocycles. The van der Waals surface area contributed by atoms with Crippen molar-refractivity contribution in [1.82, 2.24) is 19.9 Å². The van der Waals surface area contributed by atoms with Crippen molar-refractivity contribution in [3.8, 4) is 11.4 Å². The van der Waals surface area contributed by atoms with Gasteiger partial charge in [-0.1, -0.05) is 5.16 Å². The summed E-state index contributed by atoms with van der Waals surface area (Å²) in [5.41, 5.74) is 1.54. The van der Waals surface area contributed by atoms with Crippen LogP contribution in [0.5, 0.6) is 0 Å². The number of hydrogen-bond acceptors (Lipinski definition) is 6. The molecule has 112 valence electrons. The molecule has 3 rings (SSSR count). The highest BCUT2D eigenvalue weighted by Crippen LogP contribution is 2.20. The Morgan fingerprint density at radius 3 is 2.68 bits per heavy atom. The smallest absolute Gasteiger partial charge is 0.269 e. The average Bonchev–Trinajstić information content (AvgIpc) is 3.07. The van der Waals surface area contributed by atoms with E-state index in [9.17, 15) is 10.1 Å². The number of halogens is 1. The molecule has 0 amide bonds. The summed E-state index contributed by atoms with van der Waals surface area (Å²) in [6.45, 7) is 2.24. The number of nitrogens with zero attached hydrogens (tertiary/aromatic N) is 5. The minimum Gasteiger partial charge on any atom is -0.337 e. The van der Waals surface area contributed by atoms with Gasteiger partial charge in [-0.25, -0.2) is 0 Å². The van der Waals surface area contributed by atoms with E-state index in [1.165, 1.54) is 12.1 Å². The first-order valence-corrected chi connectivity index (χ1v) is 7.09. The van der Waals surface area contributed by atoms with Gasteiger partial charge in [0, 0.05) is 23.9 Å². The summed E-state index contributed by atoms with van der Waals surface area (Å²) in [5, 5.41) is 18.8. The summed E-state index contributed by atoms with van der Waals surface area (Å²) < 4.78 is 7.77. The summed E-state index contributed by atoms with van der Waals surface area (Å²) in [4.78, 5) is 14.4. The van der Waals surface area contributed by atoms with E-state index in [2.05, 4.69) is 31.2 Å². The molecule has 0 aliphatic carbocycles. The van der Waals surface area contributed by atoms with Gasteiger partial charge in [-0.3, -0.25) is 14.8 Å². The van der Waals surface area contributed by atoms with Crippen molar-refractivity contribution < 1.29 is 9.45 Å². The molecule has 2 heterocycles. The van der Waals surface area contributed by atoms with Gasteiger partial charge in [-0.2, -0.15) is 10.1 Å². The van der Waals surface area contributed by atoms with Crippen molar-refractivity contribution in [3.05, 3.63) is 56.6 Å². The van der Waals surface area contributed by atoms with E-state index in [0.29, 0.717) is 23.8 Å². The second-order valence-electron chi connectivity index (χ2n) is 4.58. The van der Waals surface area contributed by atoms with Crippen molar-refractivity contribution in [2.24, 2.45) is 0 Å². The number of aromatic nitrogens is 4. The van der Waals surface area contributed by atoms with Crippen molar-refractivity contribution in [1.29, 1.82) is 0 Å². The third kappa shape index (κ3) is 2.89. The summed E-state index contributed by atoms with van der Waals surface area (Å²) in [5.74, 6) is 0.788. The van der Waals surface area contributed by atoms with Gasteiger partial charge >= 0.3 is 0 Å². The SMILES string of the molecule is Cc1nn(Cc2nc(-c3ccc([N+](=O)[O-])cc3)no2)cc1Br. The van der Waals surface area contributed by atoms with Gasteiger partial charge in [-0.05, 0) is 35.0 Å². The molecule has 0 aliphatic heterocycles. The zero-order chi connectivity index (χ0) is 15.7. The average molecular weight is 364 g/mol. The molecule has 0 radical (unpaired) electrons.